The molecule has 144 valence electrons. The molecule has 4 aromatic rings. The highest BCUT2D eigenvalue weighted by Gasteiger charge is 2.15. The smallest absolute Gasteiger partial charge is 0.184 e. The largest absolute Gasteiger partial charge is 0.507 e. The normalized spacial score (nSPS) is 11.3. The first-order valence-electron chi connectivity index (χ1n) is 8.82. The molecule has 3 aromatic carbocycles. The monoisotopic (exact) mass is 466 g/mol. The number of phenols is 1. The molecule has 0 unspecified atom stereocenters. The standard InChI is InChI=1S/C22H16BrClN4O/c1-14-2-4-15(5-3-14)21-22(25-13-16-6-9-18(24)12-20(16)29)28(27-26-21)19-10-7-17(23)8-11-19/h2-13,29H,1H3/b25-13+. The van der Waals surface area contributed by atoms with Gasteiger partial charge in [-0.25, -0.2) is 4.99 Å². The van der Waals surface area contributed by atoms with E-state index in [9.17, 15) is 5.11 Å². The Morgan fingerprint density at radius 3 is 2.45 bits per heavy atom. The van der Waals surface area contributed by atoms with E-state index >= 15 is 0 Å². The zero-order valence-corrected chi connectivity index (χ0v) is 17.8. The van der Waals surface area contributed by atoms with Gasteiger partial charge in [0.1, 0.15) is 11.4 Å². The van der Waals surface area contributed by atoms with E-state index in [0.717, 1.165) is 21.3 Å². The Bertz CT molecular complexity index is 1120. The molecule has 0 radical (unpaired) electrons. The maximum absolute atomic E-state index is 10.1. The number of halogens is 2. The van der Waals surface area contributed by atoms with Crippen molar-refractivity contribution in [2.75, 3.05) is 0 Å². The number of benzene rings is 3. The number of hydrogen-bond acceptors (Lipinski definition) is 4. The second-order valence-corrected chi connectivity index (χ2v) is 7.83. The van der Waals surface area contributed by atoms with Crippen LogP contribution in [-0.4, -0.2) is 26.3 Å². The molecular weight excluding hydrogens is 452 g/mol. The molecule has 0 aliphatic rings. The quantitative estimate of drug-likeness (QED) is 0.368. The lowest BCUT2D eigenvalue weighted by atomic mass is 10.1. The summed E-state index contributed by atoms with van der Waals surface area (Å²) in [6, 6.07) is 20.6. The van der Waals surface area contributed by atoms with Crippen molar-refractivity contribution in [3.8, 4) is 22.7 Å². The lowest BCUT2D eigenvalue weighted by Crippen LogP contribution is -1.96. The molecule has 0 atom stereocenters. The molecule has 0 saturated carbocycles. The predicted molar refractivity (Wildman–Crippen MR) is 120 cm³/mol. The van der Waals surface area contributed by atoms with Crippen molar-refractivity contribution in [2.24, 2.45) is 4.99 Å². The summed E-state index contributed by atoms with van der Waals surface area (Å²) < 4.78 is 2.64. The summed E-state index contributed by atoms with van der Waals surface area (Å²) in [6.45, 7) is 2.03. The van der Waals surface area contributed by atoms with Crippen molar-refractivity contribution in [3.63, 3.8) is 0 Å². The molecule has 7 heteroatoms. The lowest BCUT2D eigenvalue weighted by molar-refractivity contribution is 0.474. The minimum absolute atomic E-state index is 0.0563. The van der Waals surface area contributed by atoms with Crippen LogP contribution in [-0.2, 0) is 0 Å². The molecule has 0 aliphatic heterocycles. The molecule has 0 fully saturated rings. The van der Waals surface area contributed by atoms with Gasteiger partial charge in [-0.2, -0.15) is 4.68 Å². The first-order valence-corrected chi connectivity index (χ1v) is 9.99. The van der Waals surface area contributed by atoms with E-state index in [1.165, 1.54) is 6.07 Å². The summed E-state index contributed by atoms with van der Waals surface area (Å²) in [5, 5.41) is 19.3. The molecular formula is C22H16BrClN4O. The molecule has 0 aliphatic carbocycles. The summed E-state index contributed by atoms with van der Waals surface area (Å²) >= 11 is 9.37. The van der Waals surface area contributed by atoms with Crippen LogP contribution < -0.4 is 0 Å². The second kappa shape index (κ2) is 8.19. The van der Waals surface area contributed by atoms with Gasteiger partial charge in [-0.1, -0.05) is 62.6 Å². The Morgan fingerprint density at radius 1 is 1.03 bits per heavy atom. The minimum atomic E-state index is 0.0563. The summed E-state index contributed by atoms with van der Waals surface area (Å²) in [7, 11) is 0. The molecule has 1 aromatic heterocycles. The average Bonchev–Trinajstić information content (AvgIpc) is 3.12. The highest BCUT2D eigenvalue weighted by Crippen LogP contribution is 2.31. The van der Waals surface area contributed by atoms with E-state index in [-0.39, 0.29) is 5.75 Å². The van der Waals surface area contributed by atoms with Crippen LogP contribution in [0.1, 0.15) is 11.1 Å². The zero-order chi connectivity index (χ0) is 20.4. The Balaban J connectivity index is 1.83. The molecule has 0 saturated heterocycles. The van der Waals surface area contributed by atoms with Crippen LogP contribution in [0.2, 0.25) is 5.02 Å². The van der Waals surface area contributed by atoms with Gasteiger partial charge in [0.05, 0.1) is 5.69 Å². The summed E-state index contributed by atoms with van der Waals surface area (Å²) in [4.78, 5) is 4.62. The molecule has 1 N–H and O–H groups in total. The zero-order valence-electron chi connectivity index (χ0n) is 15.4. The third kappa shape index (κ3) is 4.23. The van der Waals surface area contributed by atoms with E-state index in [1.807, 2.05) is 55.5 Å². The highest BCUT2D eigenvalue weighted by molar-refractivity contribution is 9.10. The highest BCUT2D eigenvalue weighted by atomic mass is 79.9. The van der Waals surface area contributed by atoms with Crippen LogP contribution in [0, 0.1) is 6.92 Å². The van der Waals surface area contributed by atoms with E-state index in [0.29, 0.717) is 22.1 Å². The van der Waals surface area contributed by atoms with Crippen molar-refractivity contribution in [1.29, 1.82) is 0 Å². The van der Waals surface area contributed by atoms with Gasteiger partial charge in [-0.15, -0.1) is 5.10 Å². The van der Waals surface area contributed by atoms with Gasteiger partial charge in [0, 0.05) is 26.8 Å². The van der Waals surface area contributed by atoms with E-state index in [4.69, 9.17) is 11.6 Å². The number of aromatic nitrogens is 3. The number of aromatic hydroxyl groups is 1. The molecule has 0 amide bonds. The fraction of sp³-hybridized carbons (Fsp3) is 0.0455. The van der Waals surface area contributed by atoms with Crippen LogP contribution in [0.25, 0.3) is 16.9 Å². The van der Waals surface area contributed by atoms with E-state index < -0.39 is 0 Å². The Hall–Kier alpha value is -2.96. The fourth-order valence-corrected chi connectivity index (χ4v) is 3.23. The van der Waals surface area contributed by atoms with Gasteiger partial charge in [-0.05, 0) is 49.4 Å². The molecule has 4 rings (SSSR count). The van der Waals surface area contributed by atoms with Crippen molar-refractivity contribution >= 4 is 39.6 Å². The second-order valence-electron chi connectivity index (χ2n) is 6.48. The van der Waals surface area contributed by atoms with E-state index in [1.54, 1.807) is 23.0 Å². The number of hydrogen-bond donors (Lipinski definition) is 1. The fourth-order valence-electron chi connectivity index (χ4n) is 2.80. The summed E-state index contributed by atoms with van der Waals surface area (Å²) in [5.74, 6) is 0.617. The van der Waals surface area contributed by atoms with Crippen molar-refractivity contribution in [3.05, 3.63) is 87.4 Å². The van der Waals surface area contributed by atoms with Crippen molar-refractivity contribution in [1.82, 2.24) is 15.0 Å². The van der Waals surface area contributed by atoms with Gasteiger partial charge in [-0.3, -0.25) is 0 Å². The van der Waals surface area contributed by atoms with Gasteiger partial charge < -0.3 is 5.11 Å². The van der Waals surface area contributed by atoms with Gasteiger partial charge in [0.15, 0.2) is 5.82 Å². The molecule has 5 nitrogen and oxygen atoms in total. The van der Waals surface area contributed by atoms with Crippen LogP contribution in [0.3, 0.4) is 0 Å². The van der Waals surface area contributed by atoms with Crippen LogP contribution in [0.15, 0.2) is 76.2 Å². The Kier molecular flexibility index (Phi) is 5.47. The van der Waals surface area contributed by atoms with Crippen LogP contribution in [0.4, 0.5) is 5.82 Å². The Morgan fingerprint density at radius 2 is 1.76 bits per heavy atom. The first-order chi connectivity index (χ1) is 14.0. The van der Waals surface area contributed by atoms with Crippen LogP contribution >= 0.6 is 27.5 Å². The van der Waals surface area contributed by atoms with Gasteiger partial charge >= 0.3 is 0 Å². The number of aliphatic imine (C=N–C) groups is 1. The SMILES string of the molecule is Cc1ccc(-c2nnn(-c3ccc(Br)cc3)c2/N=C/c2ccc(Cl)cc2O)cc1. The van der Waals surface area contributed by atoms with Gasteiger partial charge in [0.25, 0.3) is 0 Å². The Labute approximate surface area is 181 Å². The number of phenolic OH excluding ortho intramolecular Hbond substituents is 1. The summed E-state index contributed by atoms with van der Waals surface area (Å²) in [6.07, 6.45) is 1.58. The third-order valence-electron chi connectivity index (χ3n) is 4.36. The predicted octanol–water partition coefficient (Wildman–Crippen LogP) is 6.11. The van der Waals surface area contributed by atoms with Crippen molar-refractivity contribution < 1.29 is 5.11 Å². The number of rotatable bonds is 4. The van der Waals surface area contributed by atoms with Crippen LogP contribution in [0.5, 0.6) is 5.75 Å². The number of nitrogens with zero attached hydrogens (tertiary/aromatic N) is 4. The summed E-state index contributed by atoms with van der Waals surface area (Å²) in [5.41, 5.74) is 4.09. The topological polar surface area (TPSA) is 63.3 Å². The third-order valence-corrected chi connectivity index (χ3v) is 5.12. The van der Waals surface area contributed by atoms with E-state index in [2.05, 4.69) is 31.2 Å². The minimum Gasteiger partial charge on any atom is -0.507 e. The molecule has 0 bridgehead atoms. The first kappa shape index (κ1) is 19.4. The van der Waals surface area contributed by atoms with Crippen molar-refractivity contribution in [2.45, 2.75) is 6.92 Å². The molecule has 1 heterocycles. The maximum atomic E-state index is 10.1. The number of aryl methyl sites for hydroxylation is 1. The maximum Gasteiger partial charge on any atom is 0.184 e. The molecule has 0 spiro atoms. The average molecular weight is 468 g/mol. The lowest BCUT2D eigenvalue weighted by Gasteiger charge is -2.05. The van der Waals surface area contributed by atoms with Gasteiger partial charge in [0.2, 0.25) is 0 Å². The molecule has 29 heavy (non-hydrogen) atoms.